The molecule has 1 atom stereocenters. The van der Waals surface area contributed by atoms with E-state index in [2.05, 4.69) is 21.9 Å². The molecule has 0 spiro atoms. The van der Waals surface area contributed by atoms with E-state index in [1.807, 2.05) is 6.07 Å². The Hall–Kier alpha value is -1.42. The Morgan fingerprint density at radius 1 is 1.53 bits per heavy atom. The van der Waals surface area contributed by atoms with E-state index >= 15 is 0 Å². The van der Waals surface area contributed by atoms with Crippen molar-refractivity contribution >= 4 is 11.0 Å². The van der Waals surface area contributed by atoms with Crippen LogP contribution in [0, 0.1) is 0 Å². The molecule has 0 saturated carbocycles. The summed E-state index contributed by atoms with van der Waals surface area (Å²) in [5, 5.41) is 0. The quantitative estimate of drug-likeness (QED) is 0.795. The predicted molar refractivity (Wildman–Crippen MR) is 60.5 cm³/mol. The van der Waals surface area contributed by atoms with E-state index in [1.54, 1.807) is 12.4 Å². The van der Waals surface area contributed by atoms with Crippen LogP contribution in [0.1, 0.15) is 25.6 Å². The summed E-state index contributed by atoms with van der Waals surface area (Å²) >= 11 is 0. The number of H-pyrrole nitrogens is 1. The Kier molecular flexibility index (Phi) is 2.97. The summed E-state index contributed by atoms with van der Waals surface area (Å²) in [5.41, 5.74) is 7.91. The fourth-order valence-electron chi connectivity index (χ4n) is 1.73. The smallest absolute Gasteiger partial charge is 0.108 e. The van der Waals surface area contributed by atoms with Crippen LogP contribution >= 0.6 is 0 Å². The van der Waals surface area contributed by atoms with Crippen molar-refractivity contribution in [1.82, 2.24) is 15.0 Å². The van der Waals surface area contributed by atoms with Gasteiger partial charge in [0.2, 0.25) is 0 Å². The molecule has 0 fully saturated rings. The van der Waals surface area contributed by atoms with Crippen molar-refractivity contribution in [2.45, 2.75) is 32.2 Å². The zero-order chi connectivity index (χ0) is 10.7. The van der Waals surface area contributed by atoms with Gasteiger partial charge >= 0.3 is 0 Å². The maximum absolute atomic E-state index is 5.96. The number of rotatable bonds is 4. The summed E-state index contributed by atoms with van der Waals surface area (Å²) < 4.78 is 0. The SMILES string of the molecule is CCCC(N)Cc1nc2ccncc2[nH]1. The van der Waals surface area contributed by atoms with Gasteiger partial charge in [-0.1, -0.05) is 13.3 Å². The average Bonchev–Trinajstić information content (AvgIpc) is 2.59. The summed E-state index contributed by atoms with van der Waals surface area (Å²) in [6.07, 6.45) is 6.50. The van der Waals surface area contributed by atoms with Gasteiger partial charge in [-0.25, -0.2) is 4.98 Å². The van der Waals surface area contributed by atoms with Gasteiger partial charge in [-0.2, -0.15) is 0 Å². The fraction of sp³-hybridized carbons (Fsp3) is 0.455. The first-order valence-corrected chi connectivity index (χ1v) is 5.33. The lowest BCUT2D eigenvalue weighted by molar-refractivity contribution is 0.588. The van der Waals surface area contributed by atoms with Crippen LogP contribution in [0.4, 0.5) is 0 Å². The van der Waals surface area contributed by atoms with Gasteiger partial charge < -0.3 is 10.7 Å². The largest absolute Gasteiger partial charge is 0.341 e. The molecule has 4 heteroatoms. The number of aromatic amines is 1. The van der Waals surface area contributed by atoms with E-state index in [1.165, 1.54) is 0 Å². The Balaban J connectivity index is 2.15. The molecule has 4 nitrogen and oxygen atoms in total. The van der Waals surface area contributed by atoms with Gasteiger partial charge in [-0.3, -0.25) is 4.98 Å². The van der Waals surface area contributed by atoms with E-state index < -0.39 is 0 Å². The standard InChI is InChI=1S/C11H16N4/c1-2-3-8(12)6-11-14-9-4-5-13-7-10(9)15-11/h4-5,7-8H,2-3,6,12H2,1H3,(H,14,15). The number of nitrogens with zero attached hydrogens (tertiary/aromatic N) is 2. The molecule has 3 N–H and O–H groups in total. The van der Waals surface area contributed by atoms with Gasteiger partial charge in [0.05, 0.1) is 17.2 Å². The molecule has 2 heterocycles. The number of pyridine rings is 1. The lowest BCUT2D eigenvalue weighted by Crippen LogP contribution is -2.22. The maximum atomic E-state index is 5.96. The van der Waals surface area contributed by atoms with Crippen molar-refractivity contribution in [2.75, 3.05) is 0 Å². The molecule has 0 saturated heterocycles. The molecule has 0 radical (unpaired) electrons. The molecule has 0 aliphatic carbocycles. The van der Waals surface area contributed by atoms with Gasteiger partial charge in [-0.15, -0.1) is 0 Å². The maximum Gasteiger partial charge on any atom is 0.108 e. The molecule has 1 unspecified atom stereocenters. The minimum atomic E-state index is 0.198. The van der Waals surface area contributed by atoms with E-state index in [0.29, 0.717) is 0 Å². The molecule has 0 aliphatic rings. The normalized spacial score (nSPS) is 13.2. The molecular weight excluding hydrogens is 188 g/mol. The summed E-state index contributed by atoms with van der Waals surface area (Å²) in [6.45, 7) is 2.14. The van der Waals surface area contributed by atoms with Gasteiger partial charge in [0, 0.05) is 18.7 Å². The second-order valence-electron chi connectivity index (χ2n) is 3.83. The third-order valence-corrected chi connectivity index (χ3v) is 2.45. The molecule has 0 aromatic carbocycles. The van der Waals surface area contributed by atoms with Crippen molar-refractivity contribution in [3.8, 4) is 0 Å². The Labute approximate surface area is 88.9 Å². The number of nitrogens with two attached hydrogens (primary N) is 1. The molecule has 80 valence electrons. The van der Waals surface area contributed by atoms with Crippen LogP contribution in [-0.4, -0.2) is 21.0 Å². The summed E-state index contributed by atoms with van der Waals surface area (Å²) in [5.74, 6) is 0.957. The molecule has 0 amide bonds. The summed E-state index contributed by atoms with van der Waals surface area (Å²) in [4.78, 5) is 11.7. The Morgan fingerprint density at radius 2 is 2.40 bits per heavy atom. The van der Waals surface area contributed by atoms with Crippen LogP contribution in [0.15, 0.2) is 18.5 Å². The summed E-state index contributed by atoms with van der Waals surface area (Å²) in [7, 11) is 0. The van der Waals surface area contributed by atoms with Crippen LogP contribution in [0.2, 0.25) is 0 Å². The topological polar surface area (TPSA) is 67.6 Å². The number of imidazole rings is 1. The number of hydrogen-bond acceptors (Lipinski definition) is 3. The van der Waals surface area contributed by atoms with Gasteiger partial charge in [0.25, 0.3) is 0 Å². The summed E-state index contributed by atoms with van der Waals surface area (Å²) in [6, 6.07) is 2.10. The molecule has 2 aromatic heterocycles. The first-order valence-electron chi connectivity index (χ1n) is 5.33. The highest BCUT2D eigenvalue weighted by molar-refractivity contribution is 5.73. The Morgan fingerprint density at radius 3 is 3.13 bits per heavy atom. The highest BCUT2D eigenvalue weighted by Gasteiger charge is 2.07. The van der Waals surface area contributed by atoms with Gasteiger partial charge in [0.15, 0.2) is 0 Å². The lowest BCUT2D eigenvalue weighted by atomic mass is 10.1. The number of fused-ring (bicyclic) bond motifs is 1. The van der Waals surface area contributed by atoms with Crippen LogP contribution in [0.3, 0.4) is 0 Å². The number of hydrogen-bond donors (Lipinski definition) is 2. The van der Waals surface area contributed by atoms with Crippen molar-refractivity contribution < 1.29 is 0 Å². The Bertz CT molecular complexity index is 402. The lowest BCUT2D eigenvalue weighted by Gasteiger charge is -2.06. The third kappa shape index (κ3) is 2.33. The average molecular weight is 204 g/mol. The van der Waals surface area contributed by atoms with Gasteiger partial charge in [0.1, 0.15) is 5.82 Å². The third-order valence-electron chi connectivity index (χ3n) is 2.45. The zero-order valence-electron chi connectivity index (χ0n) is 8.90. The fourth-order valence-corrected chi connectivity index (χ4v) is 1.73. The number of aromatic nitrogens is 3. The van der Waals surface area contributed by atoms with Crippen LogP contribution in [0.25, 0.3) is 11.0 Å². The van der Waals surface area contributed by atoms with Crippen molar-refractivity contribution in [3.05, 3.63) is 24.3 Å². The molecule has 0 aliphatic heterocycles. The first-order chi connectivity index (χ1) is 7.29. The van der Waals surface area contributed by atoms with Crippen LogP contribution in [0.5, 0.6) is 0 Å². The van der Waals surface area contributed by atoms with E-state index in [9.17, 15) is 0 Å². The van der Waals surface area contributed by atoms with E-state index in [0.717, 1.165) is 36.1 Å². The number of nitrogens with one attached hydrogen (secondary N) is 1. The second kappa shape index (κ2) is 4.40. The van der Waals surface area contributed by atoms with Crippen molar-refractivity contribution in [3.63, 3.8) is 0 Å². The first kappa shape index (κ1) is 10.1. The van der Waals surface area contributed by atoms with Crippen LogP contribution < -0.4 is 5.73 Å². The van der Waals surface area contributed by atoms with E-state index in [4.69, 9.17) is 5.73 Å². The minimum Gasteiger partial charge on any atom is -0.341 e. The molecule has 0 bridgehead atoms. The predicted octanol–water partition coefficient (Wildman–Crippen LogP) is 1.63. The highest BCUT2D eigenvalue weighted by Crippen LogP contribution is 2.10. The second-order valence-corrected chi connectivity index (χ2v) is 3.83. The highest BCUT2D eigenvalue weighted by atomic mass is 14.9. The molecule has 2 aromatic rings. The molecule has 15 heavy (non-hydrogen) atoms. The minimum absolute atomic E-state index is 0.198. The monoisotopic (exact) mass is 204 g/mol. The zero-order valence-corrected chi connectivity index (χ0v) is 8.90. The van der Waals surface area contributed by atoms with Crippen LogP contribution in [-0.2, 0) is 6.42 Å². The molecular formula is C11H16N4. The van der Waals surface area contributed by atoms with Crippen molar-refractivity contribution in [2.24, 2.45) is 5.73 Å². The van der Waals surface area contributed by atoms with E-state index in [-0.39, 0.29) is 6.04 Å². The van der Waals surface area contributed by atoms with Gasteiger partial charge in [-0.05, 0) is 12.5 Å². The molecule has 2 rings (SSSR count). The van der Waals surface area contributed by atoms with Crippen molar-refractivity contribution in [1.29, 1.82) is 0 Å².